The van der Waals surface area contributed by atoms with E-state index in [0.29, 0.717) is 12.6 Å². The first-order chi connectivity index (χ1) is 11.0. The van der Waals surface area contributed by atoms with E-state index in [2.05, 4.69) is 5.32 Å². The number of amides is 2. The predicted molar refractivity (Wildman–Crippen MR) is 88.1 cm³/mol. The van der Waals surface area contributed by atoms with Crippen molar-refractivity contribution in [1.29, 1.82) is 0 Å². The minimum Gasteiger partial charge on any atom is -0.497 e. The molecular weight excluding hydrogens is 294 g/mol. The zero-order valence-corrected chi connectivity index (χ0v) is 14.0. The number of ether oxygens (including phenoxy) is 1. The van der Waals surface area contributed by atoms with Gasteiger partial charge in [-0.3, -0.25) is 14.5 Å². The van der Waals surface area contributed by atoms with Crippen molar-refractivity contribution >= 4 is 11.8 Å². The first-order valence-electron chi connectivity index (χ1n) is 7.82. The van der Waals surface area contributed by atoms with E-state index in [4.69, 9.17) is 4.74 Å². The summed E-state index contributed by atoms with van der Waals surface area (Å²) < 4.78 is 5.12. The molecule has 1 fully saturated rings. The number of carbonyl (C=O) groups is 2. The van der Waals surface area contributed by atoms with E-state index in [-0.39, 0.29) is 24.9 Å². The number of methoxy groups -OCH3 is 1. The molecule has 6 heteroatoms. The fraction of sp³-hybridized carbons (Fsp3) is 0.529. The van der Waals surface area contributed by atoms with E-state index in [1.807, 2.05) is 24.3 Å². The summed E-state index contributed by atoms with van der Waals surface area (Å²) in [7, 11) is 5.18. The number of carbonyl (C=O) groups excluding carboxylic acids is 2. The third-order valence-electron chi connectivity index (χ3n) is 3.77. The molecule has 0 atom stereocenters. The van der Waals surface area contributed by atoms with Crippen LogP contribution in [-0.4, -0.2) is 62.0 Å². The van der Waals surface area contributed by atoms with Crippen LogP contribution < -0.4 is 10.1 Å². The van der Waals surface area contributed by atoms with Crippen molar-refractivity contribution in [3.8, 4) is 5.75 Å². The summed E-state index contributed by atoms with van der Waals surface area (Å²) in [6.07, 6.45) is 2.14. The van der Waals surface area contributed by atoms with Gasteiger partial charge < -0.3 is 15.0 Å². The second-order valence-corrected chi connectivity index (χ2v) is 6.11. The van der Waals surface area contributed by atoms with Crippen LogP contribution in [0.15, 0.2) is 24.3 Å². The van der Waals surface area contributed by atoms with Crippen molar-refractivity contribution in [2.75, 3.05) is 34.3 Å². The maximum Gasteiger partial charge on any atom is 0.236 e. The molecule has 0 bridgehead atoms. The third-order valence-corrected chi connectivity index (χ3v) is 3.77. The Bertz CT molecular complexity index is 541. The van der Waals surface area contributed by atoms with Gasteiger partial charge in [-0.25, -0.2) is 0 Å². The van der Waals surface area contributed by atoms with Gasteiger partial charge >= 0.3 is 0 Å². The molecule has 1 aliphatic carbocycles. The number of hydrogen-bond acceptors (Lipinski definition) is 4. The first-order valence-corrected chi connectivity index (χ1v) is 7.82. The van der Waals surface area contributed by atoms with Crippen LogP contribution in [-0.2, 0) is 16.1 Å². The predicted octanol–water partition coefficient (Wildman–Crippen LogP) is 0.864. The highest BCUT2D eigenvalue weighted by atomic mass is 16.5. The molecule has 6 nitrogen and oxygen atoms in total. The molecule has 1 aromatic rings. The number of nitrogens with zero attached hydrogens (tertiary/aromatic N) is 2. The van der Waals surface area contributed by atoms with Crippen molar-refractivity contribution in [2.24, 2.45) is 0 Å². The Morgan fingerprint density at radius 2 is 1.83 bits per heavy atom. The molecule has 1 aliphatic rings. The highest BCUT2D eigenvalue weighted by molar-refractivity contribution is 5.81. The Labute approximate surface area is 137 Å². The van der Waals surface area contributed by atoms with Crippen LogP contribution in [0.5, 0.6) is 5.75 Å². The van der Waals surface area contributed by atoms with Crippen molar-refractivity contribution in [1.82, 2.24) is 15.1 Å². The standard InChI is InChI=1S/C17H25N3O3/c1-19(11-16(21)18-14-6-7-14)12-17(22)20(2)10-13-4-8-15(23-3)9-5-13/h4-5,8-9,14H,6-7,10-12H2,1-3H3,(H,18,21). The smallest absolute Gasteiger partial charge is 0.236 e. The van der Waals surface area contributed by atoms with E-state index in [0.717, 1.165) is 24.2 Å². The van der Waals surface area contributed by atoms with E-state index in [1.165, 1.54) is 0 Å². The molecule has 1 saturated carbocycles. The lowest BCUT2D eigenvalue weighted by molar-refractivity contribution is -0.132. The number of nitrogens with one attached hydrogen (secondary N) is 1. The van der Waals surface area contributed by atoms with E-state index in [9.17, 15) is 9.59 Å². The van der Waals surface area contributed by atoms with Gasteiger partial charge in [-0.1, -0.05) is 12.1 Å². The molecule has 1 N–H and O–H groups in total. The largest absolute Gasteiger partial charge is 0.497 e. The van der Waals surface area contributed by atoms with Crippen molar-refractivity contribution < 1.29 is 14.3 Å². The summed E-state index contributed by atoms with van der Waals surface area (Å²) in [6, 6.07) is 7.98. The second kappa shape index (κ2) is 7.97. The Morgan fingerprint density at radius 3 is 2.39 bits per heavy atom. The third kappa shape index (κ3) is 5.90. The van der Waals surface area contributed by atoms with E-state index >= 15 is 0 Å². The number of benzene rings is 1. The molecule has 0 aliphatic heterocycles. The molecule has 0 radical (unpaired) electrons. The fourth-order valence-corrected chi connectivity index (χ4v) is 2.25. The van der Waals surface area contributed by atoms with Crippen molar-refractivity contribution in [2.45, 2.75) is 25.4 Å². The summed E-state index contributed by atoms with van der Waals surface area (Å²) in [5.74, 6) is 0.771. The monoisotopic (exact) mass is 319 g/mol. The van der Waals surface area contributed by atoms with Gasteiger partial charge in [0.2, 0.25) is 11.8 Å². The average Bonchev–Trinajstić information content (AvgIpc) is 3.31. The van der Waals surface area contributed by atoms with Crippen LogP contribution in [0.2, 0.25) is 0 Å². The molecule has 0 spiro atoms. The minimum absolute atomic E-state index is 0.0115. The molecule has 126 valence electrons. The SMILES string of the molecule is COc1ccc(CN(C)C(=O)CN(C)CC(=O)NC2CC2)cc1. The number of likely N-dealkylation sites (N-methyl/N-ethyl adjacent to an activating group) is 2. The Balaban J connectivity index is 1.75. The first kappa shape index (κ1) is 17.3. The zero-order chi connectivity index (χ0) is 16.8. The summed E-state index contributed by atoms with van der Waals surface area (Å²) >= 11 is 0. The van der Waals surface area contributed by atoms with Crippen molar-refractivity contribution in [3.05, 3.63) is 29.8 Å². The fourth-order valence-electron chi connectivity index (χ4n) is 2.25. The number of rotatable bonds is 8. The molecule has 2 rings (SSSR count). The van der Waals surface area contributed by atoms with Crippen LogP contribution in [0, 0.1) is 0 Å². The maximum atomic E-state index is 12.2. The molecule has 2 amide bonds. The molecule has 0 heterocycles. The van der Waals surface area contributed by atoms with Crippen LogP contribution in [0.25, 0.3) is 0 Å². The lowest BCUT2D eigenvalue weighted by atomic mass is 10.2. The second-order valence-electron chi connectivity index (χ2n) is 6.11. The molecule has 0 saturated heterocycles. The molecule has 0 unspecified atom stereocenters. The molecule has 1 aromatic carbocycles. The molecular formula is C17H25N3O3. The van der Waals surface area contributed by atoms with Crippen LogP contribution in [0.1, 0.15) is 18.4 Å². The quantitative estimate of drug-likeness (QED) is 0.772. The van der Waals surface area contributed by atoms with Gasteiger partial charge in [-0.15, -0.1) is 0 Å². The summed E-state index contributed by atoms with van der Waals surface area (Å²) in [5, 5.41) is 2.92. The van der Waals surface area contributed by atoms with Crippen LogP contribution in [0.4, 0.5) is 0 Å². The van der Waals surface area contributed by atoms with E-state index < -0.39 is 0 Å². The van der Waals surface area contributed by atoms with Gasteiger partial charge in [0, 0.05) is 19.6 Å². The Morgan fingerprint density at radius 1 is 1.17 bits per heavy atom. The van der Waals surface area contributed by atoms with Gasteiger partial charge in [0.1, 0.15) is 5.75 Å². The Hall–Kier alpha value is -2.08. The minimum atomic E-state index is -0.0133. The maximum absolute atomic E-state index is 12.2. The lowest BCUT2D eigenvalue weighted by Gasteiger charge is -2.21. The van der Waals surface area contributed by atoms with Crippen molar-refractivity contribution in [3.63, 3.8) is 0 Å². The van der Waals surface area contributed by atoms with Gasteiger partial charge in [0.15, 0.2) is 0 Å². The van der Waals surface area contributed by atoms with Gasteiger partial charge in [-0.05, 0) is 37.6 Å². The molecule has 23 heavy (non-hydrogen) atoms. The topological polar surface area (TPSA) is 61.9 Å². The summed E-state index contributed by atoms with van der Waals surface area (Å²) in [6.45, 7) is 1.01. The molecule has 0 aromatic heterocycles. The Kier molecular flexibility index (Phi) is 5.98. The van der Waals surface area contributed by atoms with Gasteiger partial charge in [0.05, 0.1) is 20.2 Å². The normalized spacial score (nSPS) is 13.7. The summed E-state index contributed by atoms with van der Waals surface area (Å²) in [4.78, 5) is 27.3. The van der Waals surface area contributed by atoms with Crippen LogP contribution in [0.3, 0.4) is 0 Å². The highest BCUT2D eigenvalue weighted by Gasteiger charge is 2.24. The highest BCUT2D eigenvalue weighted by Crippen LogP contribution is 2.18. The lowest BCUT2D eigenvalue weighted by Crippen LogP contribution is -2.41. The van der Waals surface area contributed by atoms with Gasteiger partial charge in [0.25, 0.3) is 0 Å². The number of hydrogen-bond donors (Lipinski definition) is 1. The van der Waals surface area contributed by atoms with Crippen LogP contribution >= 0.6 is 0 Å². The zero-order valence-electron chi connectivity index (χ0n) is 14.0. The summed E-state index contributed by atoms with van der Waals surface area (Å²) in [5.41, 5.74) is 1.04. The van der Waals surface area contributed by atoms with E-state index in [1.54, 1.807) is 31.0 Å². The van der Waals surface area contributed by atoms with Gasteiger partial charge in [-0.2, -0.15) is 0 Å². The average molecular weight is 319 g/mol.